The van der Waals surface area contributed by atoms with Gasteiger partial charge in [-0.1, -0.05) is 27.2 Å². The molecule has 1 saturated heterocycles. The van der Waals surface area contributed by atoms with Crippen LogP contribution in [-0.2, 0) is 4.79 Å². The van der Waals surface area contributed by atoms with Crippen molar-refractivity contribution in [1.29, 1.82) is 0 Å². The minimum atomic E-state index is -0.681. The van der Waals surface area contributed by atoms with Crippen molar-refractivity contribution in [3.8, 4) is 0 Å². The summed E-state index contributed by atoms with van der Waals surface area (Å²) in [7, 11) is 0. The Hall–Kier alpha value is -0.570. The molecule has 82 valence electrons. The maximum atomic E-state index is 11.2. The first-order chi connectivity index (χ1) is 6.43. The second kappa shape index (κ2) is 4.30. The normalized spacial score (nSPS) is 21.9. The molecule has 0 aliphatic carbocycles. The Morgan fingerprint density at radius 1 is 1.21 bits per heavy atom. The number of carboxylic acid groups (broad SMARTS) is 1. The van der Waals surface area contributed by atoms with E-state index in [9.17, 15) is 9.90 Å². The minimum Gasteiger partial charge on any atom is -0.480 e. The Balaban J connectivity index is 2.71. The molecule has 0 spiro atoms. The van der Waals surface area contributed by atoms with Gasteiger partial charge in [0.15, 0.2) is 0 Å². The molecule has 1 heterocycles. The van der Waals surface area contributed by atoms with Crippen LogP contribution in [-0.4, -0.2) is 35.1 Å². The maximum absolute atomic E-state index is 11.2. The molecule has 0 saturated carbocycles. The lowest BCUT2D eigenvalue weighted by Crippen LogP contribution is -2.51. The Labute approximate surface area is 86.1 Å². The standard InChI is InChI=1S/C11H21NO2/c1-11(2,3)9(10(13)14)12-7-5-4-6-8-12/h9H,4-8H2,1-3H3,(H,13,14)/t9-/m1/s1. The van der Waals surface area contributed by atoms with Gasteiger partial charge in [-0.15, -0.1) is 0 Å². The van der Waals surface area contributed by atoms with Crippen molar-refractivity contribution in [1.82, 2.24) is 4.90 Å². The highest BCUT2D eigenvalue weighted by molar-refractivity contribution is 5.74. The van der Waals surface area contributed by atoms with E-state index in [2.05, 4.69) is 4.90 Å². The highest BCUT2D eigenvalue weighted by atomic mass is 16.4. The van der Waals surface area contributed by atoms with Gasteiger partial charge in [0, 0.05) is 0 Å². The molecule has 0 aromatic carbocycles. The van der Waals surface area contributed by atoms with Gasteiger partial charge in [-0.2, -0.15) is 0 Å². The Kier molecular flexibility index (Phi) is 3.53. The van der Waals surface area contributed by atoms with Crippen LogP contribution in [0.15, 0.2) is 0 Å². The van der Waals surface area contributed by atoms with Crippen LogP contribution in [0.4, 0.5) is 0 Å². The molecule has 0 unspecified atom stereocenters. The fourth-order valence-electron chi connectivity index (χ4n) is 2.25. The third kappa shape index (κ3) is 2.71. The number of likely N-dealkylation sites (tertiary alicyclic amines) is 1. The van der Waals surface area contributed by atoms with Crippen LogP contribution < -0.4 is 0 Å². The summed E-state index contributed by atoms with van der Waals surface area (Å²) in [5.74, 6) is -0.681. The van der Waals surface area contributed by atoms with E-state index in [-0.39, 0.29) is 11.5 Å². The zero-order chi connectivity index (χ0) is 10.8. The third-order valence-corrected chi connectivity index (χ3v) is 2.81. The smallest absolute Gasteiger partial charge is 0.321 e. The summed E-state index contributed by atoms with van der Waals surface area (Å²) >= 11 is 0. The van der Waals surface area contributed by atoms with E-state index in [1.165, 1.54) is 6.42 Å². The number of hydrogen-bond donors (Lipinski definition) is 1. The zero-order valence-corrected chi connectivity index (χ0v) is 9.42. The third-order valence-electron chi connectivity index (χ3n) is 2.81. The van der Waals surface area contributed by atoms with E-state index < -0.39 is 5.97 Å². The van der Waals surface area contributed by atoms with Gasteiger partial charge in [0.05, 0.1) is 0 Å². The molecular formula is C11H21NO2. The lowest BCUT2D eigenvalue weighted by Gasteiger charge is -2.39. The number of nitrogens with zero attached hydrogens (tertiary/aromatic N) is 1. The van der Waals surface area contributed by atoms with E-state index in [1.54, 1.807) is 0 Å². The van der Waals surface area contributed by atoms with Crippen LogP contribution in [0.2, 0.25) is 0 Å². The van der Waals surface area contributed by atoms with Crippen molar-refractivity contribution in [2.75, 3.05) is 13.1 Å². The average molecular weight is 199 g/mol. The molecule has 1 fully saturated rings. The second-order valence-corrected chi connectivity index (χ2v) is 5.20. The summed E-state index contributed by atoms with van der Waals surface area (Å²) in [6.07, 6.45) is 3.52. The molecule has 0 aromatic rings. The van der Waals surface area contributed by atoms with Crippen molar-refractivity contribution >= 4 is 5.97 Å². The van der Waals surface area contributed by atoms with Crippen molar-refractivity contribution in [3.05, 3.63) is 0 Å². The molecule has 0 radical (unpaired) electrons. The molecule has 3 heteroatoms. The first-order valence-electron chi connectivity index (χ1n) is 5.40. The van der Waals surface area contributed by atoms with Gasteiger partial charge in [-0.3, -0.25) is 9.69 Å². The molecule has 0 bridgehead atoms. The summed E-state index contributed by atoms with van der Waals surface area (Å²) in [6.45, 7) is 7.88. The van der Waals surface area contributed by atoms with E-state index >= 15 is 0 Å². The zero-order valence-electron chi connectivity index (χ0n) is 9.42. The molecule has 1 aliphatic heterocycles. The quantitative estimate of drug-likeness (QED) is 0.739. The van der Waals surface area contributed by atoms with Crippen molar-refractivity contribution in [3.63, 3.8) is 0 Å². The molecule has 0 amide bonds. The topological polar surface area (TPSA) is 40.5 Å². The number of aliphatic carboxylic acids is 1. The van der Waals surface area contributed by atoms with E-state index in [4.69, 9.17) is 0 Å². The predicted molar refractivity (Wildman–Crippen MR) is 56.3 cm³/mol. The number of rotatable bonds is 2. The molecule has 0 aromatic heterocycles. The van der Waals surface area contributed by atoms with Crippen LogP contribution in [0.25, 0.3) is 0 Å². The highest BCUT2D eigenvalue weighted by Gasteiger charge is 2.36. The number of hydrogen-bond acceptors (Lipinski definition) is 2. The van der Waals surface area contributed by atoms with Crippen LogP contribution in [0.3, 0.4) is 0 Å². The summed E-state index contributed by atoms with van der Waals surface area (Å²) < 4.78 is 0. The van der Waals surface area contributed by atoms with Gasteiger partial charge < -0.3 is 5.11 Å². The van der Waals surface area contributed by atoms with Gasteiger partial charge in [0.25, 0.3) is 0 Å². The molecule has 14 heavy (non-hydrogen) atoms. The first-order valence-corrected chi connectivity index (χ1v) is 5.40. The summed E-state index contributed by atoms with van der Waals surface area (Å²) in [6, 6.07) is -0.331. The number of piperidine rings is 1. The molecule has 1 aliphatic rings. The van der Waals surface area contributed by atoms with Gasteiger partial charge in [-0.25, -0.2) is 0 Å². The molecular weight excluding hydrogens is 178 g/mol. The van der Waals surface area contributed by atoms with E-state index in [0.717, 1.165) is 25.9 Å². The number of carbonyl (C=O) groups is 1. The number of carboxylic acids is 1. The molecule has 1 N–H and O–H groups in total. The SMILES string of the molecule is CC(C)(C)[C@@H](C(=O)O)N1CCCCC1. The van der Waals surface area contributed by atoms with Crippen LogP contribution >= 0.6 is 0 Å². The highest BCUT2D eigenvalue weighted by Crippen LogP contribution is 2.27. The lowest BCUT2D eigenvalue weighted by atomic mass is 9.85. The van der Waals surface area contributed by atoms with Gasteiger partial charge in [0.2, 0.25) is 0 Å². The summed E-state index contributed by atoms with van der Waals surface area (Å²) in [5, 5.41) is 9.22. The second-order valence-electron chi connectivity index (χ2n) is 5.20. The van der Waals surface area contributed by atoms with Crippen LogP contribution in [0.5, 0.6) is 0 Å². The van der Waals surface area contributed by atoms with Crippen molar-refractivity contribution in [2.24, 2.45) is 5.41 Å². The van der Waals surface area contributed by atoms with Gasteiger partial charge >= 0.3 is 5.97 Å². The van der Waals surface area contributed by atoms with Crippen LogP contribution in [0.1, 0.15) is 40.0 Å². The Morgan fingerprint density at radius 2 is 1.71 bits per heavy atom. The van der Waals surface area contributed by atoms with E-state index in [0.29, 0.717) is 0 Å². The Bertz CT molecular complexity index is 202. The Morgan fingerprint density at radius 3 is 2.07 bits per heavy atom. The fraction of sp³-hybridized carbons (Fsp3) is 0.909. The van der Waals surface area contributed by atoms with Crippen molar-refractivity contribution < 1.29 is 9.90 Å². The first kappa shape index (κ1) is 11.5. The molecule has 1 rings (SSSR count). The van der Waals surface area contributed by atoms with Gasteiger partial charge in [-0.05, 0) is 31.3 Å². The van der Waals surface area contributed by atoms with Gasteiger partial charge in [0.1, 0.15) is 6.04 Å². The monoisotopic (exact) mass is 199 g/mol. The maximum Gasteiger partial charge on any atom is 0.321 e. The van der Waals surface area contributed by atoms with Crippen molar-refractivity contribution in [2.45, 2.75) is 46.1 Å². The molecule has 3 nitrogen and oxygen atoms in total. The summed E-state index contributed by atoms with van der Waals surface area (Å²) in [5.41, 5.74) is -0.177. The predicted octanol–water partition coefficient (Wildman–Crippen LogP) is 1.97. The van der Waals surface area contributed by atoms with E-state index in [1.807, 2.05) is 20.8 Å². The largest absolute Gasteiger partial charge is 0.480 e. The fourth-order valence-corrected chi connectivity index (χ4v) is 2.25. The summed E-state index contributed by atoms with van der Waals surface area (Å²) in [4.78, 5) is 13.3. The lowest BCUT2D eigenvalue weighted by molar-refractivity contribution is -0.148. The molecule has 1 atom stereocenters. The average Bonchev–Trinajstić information content (AvgIpc) is 2.02. The minimum absolute atomic E-state index is 0.177. The van der Waals surface area contributed by atoms with Crippen LogP contribution in [0, 0.1) is 5.41 Å².